The lowest BCUT2D eigenvalue weighted by molar-refractivity contribution is -0.127. The molecule has 4 nitrogen and oxygen atoms in total. The molecule has 0 unspecified atom stereocenters. The van der Waals surface area contributed by atoms with Crippen molar-refractivity contribution in [3.8, 4) is 5.88 Å². The lowest BCUT2D eigenvalue weighted by Crippen LogP contribution is -2.41. The molecule has 2 heterocycles. The molecule has 0 radical (unpaired) electrons. The number of halogens is 1. The Kier molecular flexibility index (Phi) is 4.80. The standard InChI is InChI=1S/C14H17ClN2O2/c1-2-4-13(18)17-9-6-11(7-10-17)19-14-12(15)5-3-8-16-14/h2-5,8,11H,6-7,9-10H2,1H3/b4-2+. The van der Waals surface area contributed by atoms with Crippen LogP contribution in [0.25, 0.3) is 0 Å². The highest BCUT2D eigenvalue weighted by molar-refractivity contribution is 6.31. The Balaban J connectivity index is 1.87. The van der Waals surface area contributed by atoms with Crippen molar-refractivity contribution in [2.75, 3.05) is 13.1 Å². The lowest BCUT2D eigenvalue weighted by atomic mass is 10.1. The van der Waals surface area contributed by atoms with E-state index in [4.69, 9.17) is 16.3 Å². The van der Waals surface area contributed by atoms with Gasteiger partial charge >= 0.3 is 0 Å². The zero-order valence-electron chi connectivity index (χ0n) is 10.9. The molecule has 2 rings (SSSR count). The van der Waals surface area contributed by atoms with E-state index in [1.165, 1.54) is 0 Å². The van der Waals surface area contributed by atoms with Crippen LogP contribution in [0.2, 0.25) is 5.02 Å². The second kappa shape index (κ2) is 6.57. The molecule has 1 fully saturated rings. The normalized spacial score (nSPS) is 16.8. The second-order valence-corrected chi connectivity index (χ2v) is 4.84. The number of allylic oxidation sites excluding steroid dienone is 1. The largest absolute Gasteiger partial charge is 0.473 e. The third kappa shape index (κ3) is 3.70. The fourth-order valence-corrected chi connectivity index (χ4v) is 2.22. The molecule has 5 heteroatoms. The molecule has 0 atom stereocenters. The summed E-state index contributed by atoms with van der Waals surface area (Å²) in [4.78, 5) is 17.6. The van der Waals surface area contributed by atoms with Gasteiger partial charge in [-0.05, 0) is 25.1 Å². The van der Waals surface area contributed by atoms with Crippen LogP contribution in [0.3, 0.4) is 0 Å². The van der Waals surface area contributed by atoms with E-state index in [1.807, 2.05) is 11.8 Å². The van der Waals surface area contributed by atoms with E-state index < -0.39 is 0 Å². The second-order valence-electron chi connectivity index (χ2n) is 4.43. The van der Waals surface area contributed by atoms with Gasteiger partial charge in [-0.25, -0.2) is 4.98 Å². The Labute approximate surface area is 118 Å². The fourth-order valence-electron chi connectivity index (χ4n) is 2.06. The molecule has 19 heavy (non-hydrogen) atoms. The quantitative estimate of drug-likeness (QED) is 0.800. The SMILES string of the molecule is C/C=C/C(=O)N1CCC(Oc2ncccc2Cl)CC1. The molecule has 1 aliphatic heterocycles. The average Bonchev–Trinajstić information content (AvgIpc) is 2.42. The summed E-state index contributed by atoms with van der Waals surface area (Å²) in [7, 11) is 0. The van der Waals surface area contributed by atoms with E-state index in [0.29, 0.717) is 24.0 Å². The average molecular weight is 281 g/mol. The molecule has 1 aliphatic rings. The molecule has 0 bridgehead atoms. The van der Waals surface area contributed by atoms with E-state index in [2.05, 4.69) is 4.98 Å². The number of carbonyl (C=O) groups is 1. The van der Waals surface area contributed by atoms with Crippen LogP contribution in [0, 0.1) is 0 Å². The summed E-state index contributed by atoms with van der Waals surface area (Å²) in [6.07, 6.45) is 6.69. The monoisotopic (exact) mass is 280 g/mol. The van der Waals surface area contributed by atoms with Crippen LogP contribution in [0.15, 0.2) is 30.5 Å². The third-order valence-corrected chi connectivity index (χ3v) is 3.35. The van der Waals surface area contributed by atoms with E-state index in [0.717, 1.165) is 12.8 Å². The van der Waals surface area contributed by atoms with Crippen molar-refractivity contribution in [3.63, 3.8) is 0 Å². The van der Waals surface area contributed by atoms with Crippen molar-refractivity contribution in [1.82, 2.24) is 9.88 Å². The highest BCUT2D eigenvalue weighted by atomic mass is 35.5. The van der Waals surface area contributed by atoms with Gasteiger partial charge in [0, 0.05) is 32.1 Å². The maximum Gasteiger partial charge on any atom is 0.246 e. The Hall–Kier alpha value is -1.55. The van der Waals surface area contributed by atoms with Crippen molar-refractivity contribution >= 4 is 17.5 Å². The molecule has 0 aromatic carbocycles. The Morgan fingerprint density at radius 2 is 2.26 bits per heavy atom. The number of nitrogens with zero attached hydrogens (tertiary/aromatic N) is 2. The fraction of sp³-hybridized carbons (Fsp3) is 0.429. The molecule has 0 N–H and O–H groups in total. The highest BCUT2D eigenvalue weighted by Crippen LogP contribution is 2.24. The van der Waals surface area contributed by atoms with Gasteiger partial charge in [-0.3, -0.25) is 4.79 Å². The minimum Gasteiger partial charge on any atom is -0.473 e. The van der Waals surface area contributed by atoms with Crippen molar-refractivity contribution in [2.45, 2.75) is 25.9 Å². The summed E-state index contributed by atoms with van der Waals surface area (Å²) in [6.45, 7) is 3.26. The first-order valence-corrected chi connectivity index (χ1v) is 6.77. The highest BCUT2D eigenvalue weighted by Gasteiger charge is 2.23. The number of likely N-dealkylation sites (tertiary alicyclic amines) is 1. The van der Waals surface area contributed by atoms with Gasteiger partial charge in [0.15, 0.2) is 0 Å². The predicted molar refractivity (Wildman–Crippen MR) is 74.3 cm³/mol. The third-order valence-electron chi connectivity index (χ3n) is 3.07. The number of amides is 1. The summed E-state index contributed by atoms with van der Waals surface area (Å²) in [5.41, 5.74) is 0. The zero-order chi connectivity index (χ0) is 13.7. The smallest absolute Gasteiger partial charge is 0.246 e. The molecule has 1 aromatic rings. The Morgan fingerprint density at radius 1 is 1.53 bits per heavy atom. The maximum absolute atomic E-state index is 11.7. The number of piperidine rings is 1. The van der Waals surface area contributed by atoms with Gasteiger partial charge in [0.2, 0.25) is 11.8 Å². The summed E-state index contributed by atoms with van der Waals surface area (Å²) in [6, 6.07) is 3.53. The molecule has 0 saturated carbocycles. The first kappa shape index (κ1) is 13.9. The number of hydrogen-bond donors (Lipinski definition) is 0. The van der Waals surface area contributed by atoms with E-state index in [-0.39, 0.29) is 12.0 Å². The maximum atomic E-state index is 11.7. The van der Waals surface area contributed by atoms with Crippen LogP contribution < -0.4 is 4.74 Å². The van der Waals surface area contributed by atoms with Gasteiger partial charge in [-0.2, -0.15) is 0 Å². The van der Waals surface area contributed by atoms with Crippen molar-refractivity contribution < 1.29 is 9.53 Å². The van der Waals surface area contributed by atoms with Gasteiger partial charge in [-0.1, -0.05) is 17.7 Å². The summed E-state index contributed by atoms with van der Waals surface area (Å²) >= 11 is 6.00. The number of carbonyl (C=O) groups excluding carboxylic acids is 1. The minimum absolute atomic E-state index is 0.0665. The van der Waals surface area contributed by atoms with Gasteiger partial charge < -0.3 is 9.64 Å². The number of hydrogen-bond acceptors (Lipinski definition) is 3. The summed E-state index contributed by atoms with van der Waals surface area (Å²) in [5.74, 6) is 0.541. The topological polar surface area (TPSA) is 42.4 Å². The van der Waals surface area contributed by atoms with E-state index in [9.17, 15) is 4.79 Å². The Bertz CT molecular complexity index is 468. The number of aromatic nitrogens is 1. The van der Waals surface area contributed by atoms with Gasteiger partial charge in [0.25, 0.3) is 0 Å². The van der Waals surface area contributed by atoms with E-state index in [1.54, 1.807) is 30.5 Å². The molecular weight excluding hydrogens is 264 g/mol. The number of ether oxygens (including phenoxy) is 1. The van der Waals surface area contributed by atoms with Crippen LogP contribution in [-0.2, 0) is 4.79 Å². The predicted octanol–water partition coefficient (Wildman–Crippen LogP) is 2.68. The van der Waals surface area contributed by atoms with Crippen LogP contribution >= 0.6 is 11.6 Å². The van der Waals surface area contributed by atoms with Crippen LogP contribution in [-0.4, -0.2) is 35.0 Å². The number of pyridine rings is 1. The molecule has 1 amide bonds. The molecule has 1 aromatic heterocycles. The van der Waals surface area contributed by atoms with Crippen molar-refractivity contribution in [2.24, 2.45) is 0 Å². The summed E-state index contributed by atoms with van der Waals surface area (Å²) in [5, 5.41) is 0.523. The molecule has 0 spiro atoms. The molecule has 102 valence electrons. The van der Waals surface area contributed by atoms with Gasteiger partial charge in [0.05, 0.1) is 0 Å². The summed E-state index contributed by atoms with van der Waals surface area (Å²) < 4.78 is 5.78. The van der Waals surface area contributed by atoms with Crippen molar-refractivity contribution in [1.29, 1.82) is 0 Å². The van der Waals surface area contributed by atoms with Crippen LogP contribution in [0.5, 0.6) is 5.88 Å². The first-order chi connectivity index (χ1) is 9.20. The zero-order valence-corrected chi connectivity index (χ0v) is 11.6. The Morgan fingerprint density at radius 3 is 2.89 bits per heavy atom. The van der Waals surface area contributed by atoms with Gasteiger partial charge in [-0.15, -0.1) is 0 Å². The minimum atomic E-state index is 0.0665. The molecule has 0 aliphatic carbocycles. The first-order valence-electron chi connectivity index (χ1n) is 6.39. The molecule has 1 saturated heterocycles. The van der Waals surface area contributed by atoms with Gasteiger partial charge in [0.1, 0.15) is 11.1 Å². The van der Waals surface area contributed by atoms with Crippen molar-refractivity contribution in [3.05, 3.63) is 35.5 Å². The number of rotatable bonds is 3. The molecular formula is C14H17ClN2O2. The van der Waals surface area contributed by atoms with Crippen LogP contribution in [0.1, 0.15) is 19.8 Å². The van der Waals surface area contributed by atoms with Crippen LogP contribution in [0.4, 0.5) is 0 Å². The lowest BCUT2D eigenvalue weighted by Gasteiger charge is -2.31. The van der Waals surface area contributed by atoms with E-state index >= 15 is 0 Å².